The molecule has 0 atom stereocenters. The van der Waals surface area contributed by atoms with Crippen molar-refractivity contribution in [3.05, 3.63) is 100 Å². The highest BCUT2D eigenvalue weighted by atomic mass is 19.1. The molecule has 1 amide bonds. The summed E-state index contributed by atoms with van der Waals surface area (Å²) < 4.78 is 21.7. The molecule has 39 heavy (non-hydrogen) atoms. The molecule has 0 fully saturated rings. The van der Waals surface area contributed by atoms with Crippen LogP contribution in [-0.2, 0) is 19.7 Å². The van der Waals surface area contributed by atoms with Crippen LogP contribution in [0, 0.1) is 11.7 Å². The van der Waals surface area contributed by atoms with E-state index >= 15 is 0 Å². The van der Waals surface area contributed by atoms with Crippen LogP contribution >= 0.6 is 0 Å². The lowest BCUT2D eigenvalue weighted by Crippen LogP contribution is -2.45. The first-order valence-electron chi connectivity index (χ1n) is 13.1. The number of carboxylic acid groups (broad SMARTS) is 1. The molecular weight excluding hydrogens is 495 g/mol. The minimum Gasteiger partial charge on any atom is -0.489 e. The highest BCUT2D eigenvalue weighted by molar-refractivity contribution is 5.98. The maximum absolute atomic E-state index is 14.0. The number of ether oxygens (including phenoxy) is 1. The molecule has 0 aliphatic heterocycles. The molecule has 7 heteroatoms. The fraction of sp³-hybridized carbons (Fsp3) is 0.312. The van der Waals surface area contributed by atoms with Gasteiger partial charge in [-0.1, -0.05) is 56.3 Å². The monoisotopic (exact) mass is 530 g/mol. The number of nitrogens with zero attached hydrogens (tertiary/aromatic N) is 2. The number of rotatable bonds is 8. The quantitative estimate of drug-likeness (QED) is 0.259. The third kappa shape index (κ3) is 6.30. The topological polar surface area (TPSA) is 71.8 Å². The van der Waals surface area contributed by atoms with Gasteiger partial charge in [0.1, 0.15) is 18.2 Å². The highest BCUT2D eigenvalue weighted by Crippen LogP contribution is 2.35. The van der Waals surface area contributed by atoms with Gasteiger partial charge < -0.3 is 14.4 Å². The van der Waals surface area contributed by atoms with Crippen molar-refractivity contribution in [1.29, 1.82) is 0 Å². The molecule has 1 heterocycles. The molecule has 0 unspecified atom stereocenters. The fourth-order valence-corrected chi connectivity index (χ4v) is 4.71. The number of amides is 1. The van der Waals surface area contributed by atoms with Gasteiger partial charge in [-0.3, -0.25) is 9.69 Å². The highest BCUT2D eigenvalue weighted by Gasteiger charge is 2.30. The van der Waals surface area contributed by atoms with Gasteiger partial charge in [-0.2, -0.15) is 0 Å². The maximum atomic E-state index is 14.0. The van der Waals surface area contributed by atoms with Crippen molar-refractivity contribution >= 4 is 16.9 Å². The van der Waals surface area contributed by atoms with Gasteiger partial charge in [0, 0.05) is 34.1 Å². The summed E-state index contributed by atoms with van der Waals surface area (Å²) in [5.74, 6) is 0.322. The zero-order valence-electron chi connectivity index (χ0n) is 23.1. The molecule has 204 valence electrons. The van der Waals surface area contributed by atoms with E-state index in [0.717, 1.165) is 5.56 Å². The molecule has 4 rings (SSSR count). The smallest absolute Gasteiger partial charge is 0.408 e. The molecule has 0 aliphatic carbocycles. The van der Waals surface area contributed by atoms with Crippen LogP contribution in [0.5, 0.6) is 5.75 Å². The van der Waals surface area contributed by atoms with Gasteiger partial charge in [0.2, 0.25) is 0 Å². The summed E-state index contributed by atoms with van der Waals surface area (Å²) in [6, 6.07) is 21.2. The zero-order chi connectivity index (χ0) is 28.3. The average molecular weight is 531 g/mol. The minimum absolute atomic E-state index is 0.0153. The van der Waals surface area contributed by atoms with Crippen LogP contribution in [0.25, 0.3) is 21.9 Å². The third-order valence-electron chi connectivity index (χ3n) is 6.63. The van der Waals surface area contributed by atoms with Crippen LogP contribution in [0.3, 0.4) is 0 Å². The number of hydrogen-bond donors (Lipinski definition) is 1. The van der Waals surface area contributed by atoms with E-state index in [-0.39, 0.29) is 23.8 Å². The standard InChI is InChI=1S/C32H35FN2O4/c1-21(2)18-34-28(19-35(31(37)38)32(3,4)5)29(23-11-13-24(33)14-12-23)27-17-25(15-16-26(27)30(34)36)39-20-22-9-7-6-8-10-22/h6-17,21H,18-20H2,1-5H3,(H,37,38). The van der Waals surface area contributed by atoms with E-state index in [2.05, 4.69) is 0 Å². The van der Waals surface area contributed by atoms with E-state index in [4.69, 9.17) is 4.74 Å². The summed E-state index contributed by atoms with van der Waals surface area (Å²) in [4.78, 5) is 27.6. The molecule has 0 saturated carbocycles. The van der Waals surface area contributed by atoms with Gasteiger partial charge in [-0.25, -0.2) is 9.18 Å². The Hall–Kier alpha value is -4.13. The molecule has 0 aliphatic rings. The Morgan fingerprint density at radius 3 is 2.26 bits per heavy atom. The fourth-order valence-electron chi connectivity index (χ4n) is 4.71. The number of pyridine rings is 1. The Kier molecular flexibility index (Phi) is 8.09. The molecule has 0 saturated heterocycles. The molecule has 4 aromatic rings. The maximum Gasteiger partial charge on any atom is 0.408 e. The van der Waals surface area contributed by atoms with Crippen LogP contribution in [0.2, 0.25) is 0 Å². The van der Waals surface area contributed by atoms with Crippen molar-refractivity contribution in [1.82, 2.24) is 9.47 Å². The number of halogens is 1. The molecule has 6 nitrogen and oxygen atoms in total. The van der Waals surface area contributed by atoms with Crippen molar-refractivity contribution in [2.45, 2.75) is 59.9 Å². The van der Waals surface area contributed by atoms with Crippen LogP contribution in [0.15, 0.2) is 77.6 Å². The van der Waals surface area contributed by atoms with E-state index in [1.165, 1.54) is 17.0 Å². The van der Waals surface area contributed by atoms with Crippen LogP contribution in [0.1, 0.15) is 45.9 Å². The molecule has 0 bridgehead atoms. The van der Waals surface area contributed by atoms with Crippen molar-refractivity contribution in [2.75, 3.05) is 0 Å². The second-order valence-corrected chi connectivity index (χ2v) is 11.2. The van der Waals surface area contributed by atoms with E-state index in [9.17, 15) is 19.1 Å². The third-order valence-corrected chi connectivity index (χ3v) is 6.63. The summed E-state index contributed by atoms with van der Waals surface area (Å²) in [5, 5.41) is 11.2. The lowest BCUT2D eigenvalue weighted by atomic mass is 9.95. The van der Waals surface area contributed by atoms with Gasteiger partial charge in [-0.05, 0) is 68.1 Å². The van der Waals surface area contributed by atoms with Crippen molar-refractivity contribution < 1.29 is 19.0 Å². The summed E-state index contributed by atoms with van der Waals surface area (Å²) in [7, 11) is 0. The Morgan fingerprint density at radius 2 is 1.67 bits per heavy atom. The average Bonchev–Trinajstić information content (AvgIpc) is 2.88. The normalized spacial score (nSPS) is 11.7. The summed E-state index contributed by atoms with van der Waals surface area (Å²) >= 11 is 0. The summed E-state index contributed by atoms with van der Waals surface area (Å²) in [5.41, 5.74) is 2.02. The second-order valence-electron chi connectivity index (χ2n) is 11.2. The molecule has 1 aromatic heterocycles. The molecule has 0 radical (unpaired) electrons. The first-order chi connectivity index (χ1) is 18.5. The first kappa shape index (κ1) is 27.9. The Balaban J connectivity index is 1.99. The predicted molar refractivity (Wildman–Crippen MR) is 153 cm³/mol. The second kappa shape index (κ2) is 11.3. The molecular formula is C32H35FN2O4. The largest absolute Gasteiger partial charge is 0.489 e. The minimum atomic E-state index is -1.09. The number of hydrogen-bond acceptors (Lipinski definition) is 3. The Bertz CT molecular complexity index is 1520. The van der Waals surface area contributed by atoms with Crippen molar-refractivity contribution in [3.8, 4) is 16.9 Å². The van der Waals surface area contributed by atoms with Crippen LogP contribution in [-0.4, -0.2) is 26.2 Å². The predicted octanol–water partition coefficient (Wildman–Crippen LogP) is 7.32. The van der Waals surface area contributed by atoms with Crippen molar-refractivity contribution in [2.24, 2.45) is 5.92 Å². The Labute approximate surface area is 228 Å². The SMILES string of the molecule is CC(C)Cn1c(CN(C(=O)O)C(C)(C)C)c(-c2ccc(F)cc2)c2cc(OCc3ccccc3)ccc2c1=O. The molecule has 0 spiro atoms. The zero-order valence-corrected chi connectivity index (χ0v) is 23.1. The van der Waals surface area contributed by atoms with Crippen LogP contribution in [0.4, 0.5) is 9.18 Å². The van der Waals surface area contributed by atoms with Gasteiger partial charge in [0.15, 0.2) is 0 Å². The number of benzene rings is 3. The van der Waals surface area contributed by atoms with E-state index in [0.29, 0.717) is 46.5 Å². The van der Waals surface area contributed by atoms with Gasteiger partial charge in [-0.15, -0.1) is 0 Å². The van der Waals surface area contributed by atoms with Gasteiger partial charge >= 0.3 is 6.09 Å². The summed E-state index contributed by atoms with van der Waals surface area (Å²) in [6.45, 7) is 10.2. The lowest BCUT2D eigenvalue weighted by Gasteiger charge is -2.35. The first-order valence-corrected chi connectivity index (χ1v) is 13.1. The lowest BCUT2D eigenvalue weighted by molar-refractivity contribution is 0.0937. The summed E-state index contributed by atoms with van der Waals surface area (Å²) in [6.07, 6.45) is -1.09. The number of aromatic nitrogens is 1. The van der Waals surface area contributed by atoms with E-state index in [1.54, 1.807) is 28.8 Å². The molecule has 1 N–H and O–H groups in total. The Morgan fingerprint density at radius 1 is 1.00 bits per heavy atom. The van der Waals surface area contributed by atoms with E-state index < -0.39 is 11.6 Å². The van der Waals surface area contributed by atoms with Gasteiger partial charge in [0.05, 0.1) is 6.54 Å². The van der Waals surface area contributed by atoms with E-state index in [1.807, 2.05) is 71.0 Å². The number of carbonyl (C=O) groups is 1. The van der Waals surface area contributed by atoms with Crippen LogP contribution < -0.4 is 10.3 Å². The molecule has 3 aromatic carbocycles. The van der Waals surface area contributed by atoms with Crippen molar-refractivity contribution in [3.63, 3.8) is 0 Å². The van der Waals surface area contributed by atoms with Gasteiger partial charge in [0.25, 0.3) is 5.56 Å². The number of fused-ring (bicyclic) bond motifs is 1.